The molecule has 1 aromatic carbocycles. The number of hydrogen-bond donors (Lipinski definition) is 1. The molecule has 21 heavy (non-hydrogen) atoms. The van der Waals surface area contributed by atoms with Gasteiger partial charge < -0.3 is 9.84 Å². The molecule has 1 N–H and O–H groups in total. The second-order valence-electron chi connectivity index (χ2n) is 5.01. The minimum Gasteiger partial charge on any atom is -0.501 e. The van der Waals surface area contributed by atoms with Crippen LogP contribution in [-0.2, 0) is 4.74 Å². The molecule has 5 heteroatoms. The van der Waals surface area contributed by atoms with Crippen molar-refractivity contribution in [1.29, 1.82) is 0 Å². The maximum absolute atomic E-state index is 13.6. The van der Waals surface area contributed by atoms with Crippen LogP contribution in [0.3, 0.4) is 0 Å². The van der Waals surface area contributed by atoms with Gasteiger partial charge in [-0.2, -0.15) is 13.2 Å². The van der Waals surface area contributed by atoms with E-state index in [1.807, 2.05) is 0 Å². The fourth-order valence-electron chi connectivity index (χ4n) is 2.61. The summed E-state index contributed by atoms with van der Waals surface area (Å²) in [7, 11) is 0. The zero-order valence-electron chi connectivity index (χ0n) is 11.4. The Labute approximate surface area is 121 Å². The maximum atomic E-state index is 13.6. The molecular weight excluding hydrogens is 281 g/mol. The molecule has 1 aromatic rings. The van der Waals surface area contributed by atoms with E-state index in [-0.39, 0.29) is 12.0 Å². The third kappa shape index (κ3) is 2.83. The van der Waals surface area contributed by atoms with Crippen molar-refractivity contribution in [3.8, 4) is 0 Å². The highest BCUT2D eigenvalue weighted by Gasteiger charge is 2.60. The molecule has 1 aliphatic heterocycles. The van der Waals surface area contributed by atoms with Gasteiger partial charge in [0.2, 0.25) is 0 Å². The Morgan fingerprint density at radius 3 is 2.38 bits per heavy atom. The summed E-state index contributed by atoms with van der Waals surface area (Å²) < 4.78 is 45.8. The van der Waals surface area contributed by atoms with Gasteiger partial charge in [0.05, 0.1) is 12.9 Å². The molecular formula is C16H17F3O2. The average molecular weight is 298 g/mol. The number of hydrogen-bond acceptors (Lipinski definition) is 2. The van der Waals surface area contributed by atoms with Gasteiger partial charge in [0.1, 0.15) is 0 Å². The fraction of sp³-hybridized carbons (Fsp3) is 0.375. The lowest BCUT2D eigenvalue weighted by molar-refractivity contribution is -0.250. The van der Waals surface area contributed by atoms with Crippen LogP contribution in [0.4, 0.5) is 13.2 Å². The number of benzene rings is 1. The molecule has 0 saturated carbocycles. The first-order valence-corrected chi connectivity index (χ1v) is 6.69. The van der Waals surface area contributed by atoms with Crippen LogP contribution in [0.15, 0.2) is 54.8 Å². The Balaban J connectivity index is 2.53. The molecule has 0 spiro atoms. The molecule has 0 fully saturated rings. The monoisotopic (exact) mass is 298 g/mol. The van der Waals surface area contributed by atoms with E-state index in [9.17, 15) is 18.3 Å². The molecule has 0 radical (unpaired) electrons. The van der Waals surface area contributed by atoms with Gasteiger partial charge >= 0.3 is 6.18 Å². The largest absolute Gasteiger partial charge is 0.501 e. The summed E-state index contributed by atoms with van der Waals surface area (Å²) in [5.74, 6) is -1.29. The second kappa shape index (κ2) is 5.93. The van der Waals surface area contributed by atoms with Gasteiger partial charge in [-0.3, -0.25) is 0 Å². The third-order valence-corrected chi connectivity index (χ3v) is 3.70. The van der Waals surface area contributed by atoms with Crippen LogP contribution >= 0.6 is 0 Å². The highest BCUT2D eigenvalue weighted by molar-refractivity contribution is 5.36. The lowest BCUT2D eigenvalue weighted by Crippen LogP contribution is -2.51. The summed E-state index contributed by atoms with van der Waals surface area (Å²) in [6.45, 7) is 3.85. The van der Waals surface area contributed by atoms with Gasteiger partial charge in [-0.1, -0.05) is 36.4 Å². The summed E-state index contributed by atoms with van der Waals surface area (Å²) in [6, 6.07) is 8.07. The van der Waals surface area contributed by atoms with Crippen molar-refractivity contribution >= 4 is 0 Å². The maximum Gasteiger partial charge on any atom is 0.422 e. The number of alkyl halides is 3. The summed E-state index contributed by atoms with van der Waals surface area (Å²) in [6.07, 6.45) is -2.06. The molecule has 2 nitrogen and oxygen atoms in total. The minimum absolute atomic E-state index is 0.146. The molecule has 2 atom stereocenters. The number of aliphatic hydroxyl groups is 1. The topological polar surface area (TPSA) is 29.5 Å². The highest BCUT2D eigenvalue weighted by atomic mass is 19.4. The van der Waals surface area contributed by atoms with Gasteiger partial charge in [-0.25, -0.2) is 0 Å². The smallest absolute Gasteiger partial charge is 0.422 e. The molecule has 0 bridgehead atoms. The average Bonchev–Trinajstić information content (AvgIpc) is 2.48. The van der Waals surface area contributed by atoms with Crippen LogP contribution in [0.1, 0.15) is 24.3 Å². The van der Waals surface area contributed by atoms with Crippen LogP contribution in [0.5, 0.6) is 0 Å². The normalized spacial score (nSPS) is 19.9. The molecule has 2 rings (SSSR count). The minimum atomic E-state index is -4.83. The van der Waals surface area contributed by atoms with Gasteiger partial charge in [-0.15, -0.1) is 6.58 Å². The Kier molecular flexibility index (Phi) is 4.42. The van der Waals surface area contributed by atoms with Crippen molar-refractivity contribution in [2.45, 2.75) is 30.5 Å². The first-order chi connectivity index (χ1) is 9.91. The molecule has 0 aliphatic carbocycles. The van der Waals surface area contributed by atoms with Gasteiger partial charge in [0.15, 0.2) is 5.60 Å². The van der Waals surface area contributed by atoms with Crippen LogP contribution < -0.4 is 0 Å². The van der Waals surface area contributed by atoms with Crippen molar-refractivity contribution < 1.29 is 23.0 Å². The second-order valence-corrected chi connectivity index (χ2v) is 5.01. The van der Waals surface area contributed by atoms with Crippen molar-refractivity contribution in [2.75, 3.05) is 6.61 Å². The molecule has 0 unspecified atom stereocenters. The van der Waals surface area contributed by atoms with Gasteiger partial charge in [0, 0.05) is 11.5 Å². The molecule has 0 amide bonds. The lowest BCUT2D eigenvalue weighted by atomic mass is 9.75. The van der Waals surface area contributed by atoms with Crippen molar-refractivity contribution in [2.24, 2.45) is 0 Å². The fourth-order valence-corrected chi connectivity index (χ4v) is 2.61. The predicted molar refractivity (Wildman–Crippen MR) is 73.7 cm³/mol. The summed E-state index contributed by atoms with van der Waals surface area (Å²) >= 11 is 0. The van der Waals surface area contributed by atoms with Crippen molar-refractivity contribution in [1.82, 2.24) is 0 Å². The first kappa shape index (κ1) is 15.6. The van der Waals surface area contributed by atoms with Gasteiger partial charge in [-0.05, 0) is 18.4 Å². The number of rotatable bonds is 4. The van der Waals surface area contributed by atoms with E-state index < -0.39 is 17.7 Å². The molecule has 1 aliphatic rings. The van der Waals surface area contributed by atoms with Crippen molar-refractivity contribution in [3.05, 3.63) is 60.4 Å². The van der Waals surface area contributed by atoms with Crippen LogP contribution in [0.2, 0.25) is 0 Å². The summed E-state index contributed by atoms with van der Waals surface area (Å²) in [5, 5.41) is 10.5. The zero-order chi connectivity index (χ0) is 15.5. The Hall–Kier alpha value is -1.75. The van der Waals surface area contributed by atoms with E-state index in [2.05, 4.69) is 6.58 Å². The highest BCUT2D eigenvalue weighted by Crippen LogP contribution is 2.48. The van der Waals surface area contributed by atoms with Gasteiger partial charge in [0.25, 0.3) is 0 Å². The van der Waals surface area contributed by atoms with Crippen LogP contribution in [0.25, 0.3) is 0 Å². The molecule has 0 saturated heterocycles. The van der Waals surface area contributed by atoms with E-state index in [1.165, 1.54) is 0 Å². The lowest BCUT2D eigenvalue weighted by Gasteiger charge is -2.39. The van der Waals surface area contributed by atoms with E-state index >= 15 is 0 Å². The third-order valence-electron chi connectivity index (χ3n) is 3.70. The summed E-state index contributed by atoms with van der Waals surface area (Å²) in [5.41, 5.74) is -2.80. The van der Waals surface area contributed by atoms with E-state index in [4.69, 9.17) is 4.74 Å². The van der Waals surface area contributed by atoms with Crippen molar-refractivity contribution in [3.63, 3.8) is 0 Å². The van der Waals surface area contributed by atoms with E-state index in [0.717, 1.165) is 12.3 Å². The van der Waals surface area contributed by atoms with E-state index in [0.29, 0.717) is 18.6 Å². The van der Waals surface area contributed by atoms with Crippen LogP contribution in [-0.4, -0.2) is 23.5 Å². The Morgan fingerprint density at radius 2 is 1.90 bits per heavy atom. The Bertz CT molecular complexity index is 522. The molecule has 114 valence electrons. The number of halogens is 3. The number of ether oxygens (including phenoxy) is 1. The first-order valence-electron chi connectivity index (χ1n) is 6.69. The predicted octanol–water partition coefficient (Wildman–Crippen LogP) is 3.94. The molecule has 1 heterocycles. The van der Waals surface area contributed by atoms with Crippen LogP contribution in [0, 0.1) is 0 Å². The Morgan fingerprint density at radius 1 is 1.24 bits per heavy atom. The van der Waals surface area contributed by atoms with E-state index in [1.54, 1.807) is 30.3 Å². The SMILES string of the molecule is C=C[C@H](c1ccccc1)[C@](O)(C1=COCCC1)C(F)(F)F. The molecule has 0 aromatic heterocycles. The standard InChI is InChI=1S/C16H17F3O2/c1-2-14(12-7-4-3-5-8-12)15(20,16(17,18)19)13-9-6-10-21-11-13/h2-5,7-8,11,14,20H,1,6,9-10H2/t14-,15-/m1/s1. The zero-order valence-corrected chi connectivity index (χ0v) is 11.4. The summed E-state index contributed by atoms with van der Waals surface area (Å²) in [4.78, 5) is 0. The quantitative estimate of drug-likeness (QED) is 0.853.